The van der Waals surface area contributed by atoms with Gasteiger partial charge in [0.1, 0.15) is 5.60 Å². The standard InChI is InChI=1S/C16H23NO2/c17-12-16(18,13-5-2-1-3-6-13)14-7-10-19-15(11-14)8-4-9-15/h1-3,5-6,14,18H,4,7-12,17H2. The summed E-state index contributed by atoms with van der Waals surface area (Å²) >= 11 is 0. The lowest BCUT2D eigenvalue weighted by atomic mass is 9.66. The Kier molecular flexibility index (Phi) is 3.37. The molecule has 3 N–H and O–H groups in total. The van der Waals surface area contributed by atoms with E-state index in [4.69, 9.17) is 10.5 Å². The van der Waals surface area contributed by atoms with Gasteiger partial charge in [0.15, 0.2) is 0 Å². The highest BCUT2D eigenvalue weighted by atomic mass is 16.5. The van der Waals surface area contributed by atoms with E-state index in [1.54, 1.807) is 0 Å². The second kappa shape index (κ2) is 4.89. The molecule has 1 aromatic carbocycles. The van der Waals surface area contributed by atoms with E-state index in [1.807, 2.05) is 30.3 Å². The van der Waals surface area contributed by atoms with Crippen LogP contribution in [0.15, 0.2) is 30.3 Å². The van der Waals surface area contributed by atoms with Crippen molar-refractivity contribution in [3.63, 3.8) is 0 Å². The largest absolute Gasteiger partial charge is 0.384 e. The molecule has 0 radical (unpaired) electrons. The molecule has 1 saturated carbocycles. The summed E-state index contributed by atoms with van der Waals surface area (Å²) in [5, 5.41) is 11.1. The molecule has 1 aliphatic carbocycles. The first-order chi connectivity index (χ1) is 9.19. The van der Waals surface area contributed by atoms with Crippen LogP contribution in [0, 0.1) is 5.92 Å². The third-order valence-corrected chi connectivity index (χ3v) is 5.02. The van der Waals surface area contributed by atoms with Crippen molar-refractivity contribution >= 4 is 0 Å². The van der Waals surface area contributed by atoms with Crippen molar-refractivity contribution in [3.8, 4) is 0 Å². The topological polar surface area (TPSA) is 55.5 Å². The van der Waals surface area contributed by atoms with Crippen LogP contribution < -0.4 is 5.73 Å². The van der Waals surface area contributed by atoms with Gasteiger partial charge in [0, 0.05) is 13.2 Å². The fraction of sp³-hybridized carbons (Fsp3) is 0.625. The van der Waals surface area contributed by atoms with Crippen LogP contribution in [-0.2, 0) is 10.3 Å². The predicted octanol–water partition coefficient (Wildman–Crippen LogP) is 2.18. The Labute approximate surface area is 114 Å². The SMILES string of the molecule is NCC(O)(c1ccccc1)C1CCOC2(CCC2)C1. The van der Waals surface area contributed by atoms with Crippen molar-refractivity contribution in [2.75, 3.05) is 13.2 Å². The van der Waals surface area contributed by atoms with Crippen LogP contribution in [0.5, 0.6) is 0 Å². The molecule has 3 nitrogen and oxygen atoms in total. The van der Waals surface area contributed by atoms with Crippen molar-refractivity contribution in [1.29, 1.82) is 0 Å². The number of nitrogens with two attached hydrogens (primary N) is 1. The molecule has 2 unspecified atom stereocenters. The molecule has 0 aromatic heterocycles. The maximum absolute atomic E-state index is 11.1. The highest BCUT2D eigenvalue weighted by Crippen LogP contribution is 2.48. The number of hydrogen-bond donors (Lipinski definition) is 2. The maximum atomic E-state index is 11.1. The van der Waals surface area contributed by atoms with E-state index in [9.17, 15) is 5.11 Å². The zero-order valence-electron chi connectivity index (χ0n) is 11.3. The molecule has 3 rings (SSSR count). The summed E-state index contributed by atoms with van der Waals surface area (Å²) in [5.41, 5.74) is 6.00. The van der Waals surface area contributed by atoms with Crippen molar-refractivity contribution in [2.45, 2.75) is 43.3 Å². The van der Waals surface area contributed by atoms with Gasteiger partial charge in [-0.05, 0) is 43.6 Å². The monoisotopic (exact) mass is 261 g/mol. The van der Waals surface area contributed by atoms with E-state index in [1.165, 1.54) is 6.42 Å². The summed E-state index contributed by atoms with van der Waals surface area (Å²) in [4.78, 5) is 0. The third kappa shape index (κ3) is 2.20. The normalized spacial score (nSPS) is 28.6. The predicted molar refractivity (Wildman–Crippen MR) is 74.7 cm³/mol. The average Bonchev–Trinajstić information content (AvgIpc) is 2.46. The molecule has 0 amide bonds. The zero-order valence-corrected chi connectivity index (χ0v) is 11.3. The van der Waals surface area contributed by atoms with Crippen molar-refractivity contribution in [2.24, 2.45) is 11.7 Å². The van der Waals surface area contributed by atoms with Crippen LogP contribution in [0.3, 0.4) is 0 Å². The molecular formula is C16H23NO2. The highest BCUT2D eigenvalue weighted by Gasteiger charge is 2.48. The summed E-state index contributed by atoms with van der Waals surface area (Å²) in [5.74, 6) is 0.203. The lowest BCUT2D eigenvalue weighted by Crippen LogP contribution is -2.52. The van der Waals surface area contributed by atoms with Gasteiger partial charge in [-0.3, -0.25) is 0 Å². The molecule has 3 heteroatoms. The van der Waals surface area contributed by atoms with Gasteiger partial charge in [-0.25, -0.2) is 0 Å². The first-order valence-electron chi connectivity index (χ1n) is 7.30. The lowest BCUT2D eigenvalue weighted by Gasteiger charge is -2.50. The number of hydrogen-bond acceptors (Lipinski definition) is 3. The summed E-state index contributed by atoms with van der Waals surface area (Å²) in [7, 11) is 0. The van der Waals surface area contributed by atoms with Gasteiger partial charge < -0.3 is 15.6 Å². The van der Waals surface area contributed by atoms with Gasteiger partial charge in [0.2, 0.25) is 0 Å². The van der Waals surface area contributed by atoms with Gasteiger partial charge >= 0.3 is 0 Å². The van der Waals surface area contributed by atoms with E-state index in [2.05, 4.69) is 0 Å². The zero-order chi connectivity index (χ0) is 13.3. The van der Waals surface area contributed by atoms with Crippen LogP contribution in [0.25, 0.3) is 0 Å². The summed E-state index contributed by atoms with van der Waals surface area (Å²) < 4.78 is 5.96. The van der Waals surface area contributed by atoms with E-state index in [0.29, 0.717) is 0 Å². The Morgan fingerprint density at radius 3 is 2.63 bits per heavy atom. The van der Waals surface area contributed by atoms with Crippen LogP contribution in [0.4, 0.5) is 0 Å². The number of benzene rings is 1. The summed E-state index contributed by atoms with van der Waals surface area (Å²) in [6, 6.07) is 9.87. The number of ether oxygens (including phenoxy) is 1. The molecule has 1 spiro atoms. The van der Waals surface area contributed by atoms with Crippen LogP contribution in [0.2, 0.25) is 0 Å². The quantitative estimate of drug-likeness (QED) is 0.877. The van der Waals surface area contributed by atoms with Crippen LogP contribution in [0.1, 0.15) is 37.7 Å². The second-order valence-electron chi connectivity index (χ2n) is 6.07. The van der Waals surface area contributed by atoms with Gasteiger partial charge in [-0.15, -0.1) is 0 Å². The molecule has 19 heavy (non-hydrogen) atoms. The fourth-order valence-corrected chi connectivity index (χ4v) is 3.60. The third-order valence-electron chi connectivity index (χ3n) is 5.02. The average molecular weight is 261 g/mol. The van der Waals surface area contributed by atoms with Gasteiger partial charge in [-0.2, -0.15) is 0 Å². The van der Waals surface area contributed by atoms with Crippen molar-refractivity contribution in [3.05, 3.63) is 35.9 Å². The fourth-order valence-electron chi connectivity index (χ4n) is 3.60. The van der Waals surface area contributed by atoms with E-state index >= 15 is 0 Å². The Morgan fingerprint density at radius 2 is 2.05 bits per heavy atom. The minimum absolute atomic E-state index is 0.0425. The molecule has 2 atom stereocenters. The summed E-state index contributed by atoms with van der Waals surface area (Å²) in [6.07, 6.45) is 5.36. The lowest BCUT2D eigenvalue weighted by molar-refractivity contribution is -0.175. The first-order valence-corrected chi connectivity index (χ1v) is 7.30. The van der Waals surface area contributed by atoms with Crippen molar-refractivity contribution in [1.82, 2.24) is 0 Å². The van der Waals surface area contributed by atoms with E-state index in [-0.39, 0.29) is 18.1 Å². The second-order valence-corrected chi connectivity index (χ2v) is 6.07. The molecule has 2 aliphatic rings. The summed E-state index contributed by atoms with van der Waals surface area (Å²) in [6.45, 7) is 1.03. The molecule has 1 saturated heterocycles. The minimum Gasteiger partial charge on any atom is -0.384 e. The molecule has 2 fully saturated rings. The van der Waals surface area contributed by atoms with Gasteiger partial charge in [0.05, 0.1) is 5.60 Å². The van der Waals surface area contributed by atoms with E-state index in [0.717, 1.165) is 37.9 Å². The molecule has 0 bridgehead atoms. The smallest absolute Gasteiger partial charge is 0.105 e. The van der Waals surface area contributed by atoms with Gasteiger partial charge in [0.25, 0.3) is 0 Å². The van der Waals surface area contributed by atoms with E-state index < -0.39 is 5.60 Å². The maximum Gasteiger partial charge on any atom is 0.105 e. The Morgan fingerprint density at radius 1 is 1.32 bits per heavy atom. The molecule has 104 valence electrons. The molecule has 1 aromatic rings. The molecule has 1 aliphatic heterocycles. The van der Waals surface area contributed by atoms with Crippen molar-refractivity contribution < 1.29 is 9.84 Å². The molecule has 1 heterocycles. The van der Waals surface area contributed by atoms with Crippen LogP contribution in [-0.4, -0.2) is 23.9 Å². The first kappa shape index (κ1) is 13.1. The number of rotatable bonds is 3. The Hall–Kier alpha value is -0.900. The minimum atomic E-state index is -0.909. The Bertz CT molecular complexity index is 430. The highest BCUT2D eigenvalue weighted by molar-refractivity contribution is 5.24. The van der Waals surface area contributed by atoms with Crippen LogP contribution >= 0.6 is 0 Å². The number of aliphatic hydroxyl groups is 1. The van der Waals surface area contributed by atoms with Gasteiger partial charge in [-0.1, -0.05) is 30.3 Å². The Balaban J connectivity index is 1.85. The molecular weight excluding hydrogens is 238 g/mol.